The number of hydrogen-bond acceptors (Lipinski definition) is 5. The molecular weight excluding hydrogens is 416 g/mol. The van der Waals surface area contributed by atoms with Crippen LogP contribution in [-0.4, -0.2) is 85.7 Å². The smallest absolute Gasteiger partial charge is 0.255 e. The van der Waals surface area contributed by atoms with Crippen LogP contribution in [0.25, 0.3) is 0 Å². The average Bonchev–Trinajstić information content (AvgIpc) is 3.62. The van der Waals surface area contributed by atoms with Gasteiger partial charge in [0.05, 0.1) is 16.5 Å². The first-order valence-corrected chi connectivity index (χ1v) is 12.7. The molecule has 3 aliphatic rings. The van der Waals surface area contributed by atoms with Gasteiger partial charge in [-0.2, -0.15) is 4.31 Å². The van der Waals surface area contributed by atoms with Crippen LogP contribution >= 0.6 is 0 Å². The highest BCUT2D eigenvalue weighted by atomic mass is 32.2. The zero-order valence-corrected chi connectivity index (χ0v) is 18.9. The van der Waals surface area contributed by atoms with Gasteiger partial charge in [0.15, 0.2) is 0 Å². The van der Waals surface area contributed by atoms with Gasteiger partial charge in [-0.3, -0.25) is 14.5 Å². The predicted octanol–water partition coefficient (Wildman–Crippen LogP) is 1.29. The average molecular weight is 449 g/mol. The first-order chi connectivity index (χ1) is 14.9. The van der Waals surface area contributed by atoms with Crippen LogP contribution in [0.2, 0.25) is 0 Å². The zero-order valence-electron chi connectivity index (χ0n) is 18.1. The molecule has 1 aromatic carbocycles. The number of nitrogens with zero attached hydrogens (tertiary/aromatic N) is 3. The number of carbonyl (C=O) groups excluding carboxylic acids is 2. The van der Waals surface area contributed by atoms with Crippen LogP contribution in [0.1, 0.15) is 49.4 Å². The van der Waals surface area contributed by atoms with Crippen LogP contribution < -0.4 is 5.32 Å². The minimum atomic E-state index is -3.69. The minimum Gasteiger partial charge on any atom is -0.352 e. The van der Waals surface area contributed by atoms with Crippen LogP contribution in [0, 0.1) is 0 Å². The molecule has 0 bridgehead atoms. The SMILES string of the molecule is CC(C(=O)NC1CC1)N1CCN(C(=O)c2ccccc2S(=O)(=O)N2CCCCC2)CC1. The molecule has 2 heterocycles. The Morgan fingerprint density at radius 3 is 2.26 bits per heavy atom. The second-order valence-electron chi connectivity index (χ2n) is 8.75. The molecule has 2 aliphatic heterocycles. The van der Waals surface area contributed by atoms with Crippen molar-refractivity contribution >= 4 is 21.8 Å². The first kappa shape index (κ1) is 22.2. The van der Waals surface area contributed by atoms with Gasteiger partial charge in [-0.1, -0.05) is 18.6 Å². The maximum Gasteiger partial charge on any atom is 0.255 e. The van der Waals surface area contributed by atoms with E-state index in [1.807, 2.05) is 6.92 Å². The molecule has 170 valence electrons. The monoisotopic (exact) mass is 448 g/mol. The quantitative estimate of drug-likeness (QED) is 0.708. The zero-order chi connectivity index (χ0) is 22.0. The van der Waals surface area contributed by atoms with E-state index in [4.69, 9.17) is 0 Å². The summed E-state index contributed by atoms with van der Waals surface area (Å²) in [5.41, 5.74) is 0.237. The fraction of sp³-hybridized carbons (Fsp3) is 0.636. The molecule has 1 N–H and O–H groups in total. The van der Waals surface area contributed by atoms with Gasteiger partial charge >= 0.3 is 0 Å². The third-order valence-electron chi connectivity index (χ3n) is 6.50. The Morgan fingerprint density at radius 2 is 1.61 bits per heavy atom. The fourth-order valence-electron chi connectivity index (χ4n) is 4.31. The molecule has 0 spiro atoms. The van der Waals surface area contributed by atoms with Crippen LogP contribution in [0.15, 0.2) is 29.2 Å². The summed E-state index contributed by atoms with van der Waals surface area (Å²) in [6.07, 6.45) is 4.85. The summed E-state index contributed by atoms with van der Waals surface area (Å²) >= 11 is 0. The number of nitrogens with one attached hydrogen (secondary N) is 1. The Kier molecular flexibility index (Phi) is 6.64. The Morgan fingerprint density at radius 1 is 0.968 bits per heavy atom. The van der Waals surface area contributed by atoms with Crippen LogP contribution in [0.5, 0.6) is 0 Å². The van der Waals surface area contributed by atoms with E-state index in [-0.39, 0.29) is 28.3 Å². The summed E-state index contributed by atoms with van der Waals surface area (Å²) in [6, 6.07) is 6.63. The number of piperazine rings is 1. The molecule has 3 fully saturated rings. The van der Waals surface area contributed by atoms with Crippen molar-refractivity contribution in [3.05, 3.63) is 29.8 Å². The van der Waals surface area contributed by atoms with E-state index in [9.17, 15) is 18.0 Å². The van der Waals surface area contributed by atoms with Crippen molar-refractivity contribution in [3.63, 3.8) is 0 Å². The van der Waals surface area contributed by atoms with Gasteiger partial charge in [0, 0.05) is 45.3 Å². The number of amides is 2. The number of carbonyl (C=O) groups is 2. The molecular formula is C22H32N4O4S. The van der Waals surface area contributed by atoms with E-state index >= 15 is 0 Å². The summed E-state index contributed by atoms with van der Waals surface area (Å²) in [6.45, 7) is 5.03. The van der Waals surface area contributed by atoms with E-state index in [0.717, 1.165) is 32.1 Å². The van der Waals surface area contributed by atoms with Gasteiger partial charge < -0.3 is 10.2 Å². The molecule has 8 nitrogen and oxygen atoms in total. The number of piperidine rings is 1. The lowest BCUT2D eigenvalue weighted by molar-refractivity contribution is -0.126. The lowest BCUT2D eigenvalue weighted by Gasteiger charge is -2.37. The van der Waals surface area contributed by atoms with Gasteiger partial charge in [0.1, 0.15) is 0 Å². The fourth-order valence-corrected chi connectivity index (χ4v) is 6.01. The van der Waals surface area contributed by atoms with E-state index in [1.54, 1.807) is 23.1 Å². The lowest BCUT2D eigenvalue weighted by Crippen LogP contribution is -2.55. The van der Waals surface area contributed by atoms with Gasteiger partial charge in [-0.05, 0) is 44.7 Å². The molecule has 1 saturated carbocycles. The van der Waals surface area contributed by atoms with Crippen LogP contribution in [-0.2, 0) is 14.8 Å². The first-order valence-electron chi connectivity index (χ1n) is 11.3. The lowest BCUT2D eigenvalue weighted by atomic mass is 10.1. The predicted molar refractivity (Wildman–Crippen MR) is 117 cm³/mol. The molecule has 1 aliphatic carbocycles. The summed E-state index contributed by atoms with van der Waals surface area (Å²) in [4.78, 5) is 29.5. The van der Waals surface area contributed by atoms with Gasteiger partial charge in [0.25, 0.3) is 5.91 Å². The van der Waals surface area contributed by atoms with E-state index < -0.39 is 10.0 Å². The third-order valence-corrected chi connectivity index (χ3v) is 8.46. The largest absolute Gasteiger partial charge is 0.352 e. The molecule has 0 radical (unpaired) electrons. The van der Waals surface area contributed by atoms with E-state index in [0.29, 0.717) is 45.3 Å². The topological polar surface area (TPSA) is 90.0 Å². The molecule has 0 aromatic heterocycles. The third kappa shape index (κ3) is 4.94. The molecule has 31 heavy (non-hydrogen) atoms. The highest BCUT2D eigenvalue weighted by Gasteiger charge is 2.34. The molecule has 1 unspecified atom stereocenters. The Labute approximate surface area is 184 Å². The maximum atomic E-state index is 13.3. The summed E-state index contributed by atoms with van der Waals surface area (Å²) in [7, 11) is -3.69. The summed E-state index contributed by atoms with van der Waals surface area (Å²) in [5.74, 6) is -0.217. The molecule has 1 atom stereocenters. The van der Waals surface area contributed by atoms with Crippen molar-refractivity contribution in [2.24, 2.45) is 0 Å². The molecule has 9 heteroatoms. The molecule has 2 amide bonds. The van der Waals surface area contributed by atoms with Crippen LogP contribution in [0.4, 0.5) is 0 Å². The summed E-state index contributed by atoms with van der Waals surface area (Å²) < 4.78 is 27.9. The molecule has 2 saturated heterocycles. The highest BCUT2D eigenvalue weighted by molar-refractivity contribution is 7.89. The van der Waals surface area contributed by atoms with Gasteiger partial charge in [-0.15, -0.1) is 0 Å². The van der Waals surface area contributed by atoms with Crippen molar-refractivity contribution in [2.45, 2.75) is 56.0 Å². The molecule has 4 rings (SSSR count). The second kappa shape index (κ2) is 9.26. The van der Waals surface area contributed by atoms with Crippen molar-refractivity contribution in [1.29, 1.82) is 0 Å². The Bertz CT molecular complexity index is 917. The highest BCUT2D eigenvalue weighted by Crippen LogP contribution is 2.25. The van der Waals surface area contributed by atoms with Crippen molar-refractivity contribution in [2.75, 3.05) is 39.3 Å². The number of sulfonamides is 1. The van der Waals surface area contributed by atoms with E-state index in [1.165, 1.54) is 10.4 Å². The number of benzene rings is 1. The number of rotatable bonds is 6. The van der Waals surface area contributed by atoms with Crippen LogP contribution in [0.3, 0.4) is 0 Å². The molecule has 1 aromatic rings. The Hall–Kier alpha value is -1.97. The van der Waals surface area contributed by atoms with Crippen molar-refractivity contribution < 1.29 is 18.0 Å². The Balaban J connectivity index is 1.43. The minimum absolute atomic E-state index is 0.0419. The summed E-state index contributed by atoms with van der Waals surface area (Å²) in [5, 5.41) is 3.03. The van der Waals surface area contributed by atoms with Crippen molar-refractivity contribution in [3.8, 4) is 0 Å². The normalized spacial score (nSPS) is 22.2. The van der Waals surface area contributed by atoms with Crippen molar-refractivity contribution in [1.82, 2.24) is 19.4 Å². The second-order valence-corrected chi connectivity index (χ2v) is 10.7. The standard InChI is InChI=1S/C22H32N4O4S/c1-17(21(27)23-18-9-10-18)24-13-15-25(16-14-24)22(28)19-7-3-4-8-20(19)31(29,30)26-11-5-2-6-12-26/h3-4,7-8,17-18H,2,5-6,9-16H2,1H3,(H,23,27). The maximum absolute atomic E-state index is 13.3. The van der Waals surface area contributed by atoms with E-state index in [2.05, 4.69) is 10.2 Å². The number of hydrogen-bond donors (Lipinski definition) is 1. The van der Waals surface area contributed by atoms with Gasteiger partial charge in [0.2, 0.25) is 15.9 Å². The van der Waals surface area contributed by atoms with Gasteiger partial charge in [-0.25, -0.2) is 8.42 Å².